The number of rotatable bonds is 1. The normalized spacial score (nSPS) is 36.9. The fourth-order valence-electron chi connectivity index (χ4n) is 2.36. The Morgan fingerprint density at radius 1 is 1.47 bits per heavy atom. The summed E-state index contributed by atoms with van der Waals surface area (Å²) in [6, 6.07) is 0.00519. The number of aliphatic hydroxyl groups is 1. The van der Waals surface area contributed by atoms with Crippen LogP contribution in [0.4, 0.5) is 0 Å². The summed E-state index contributed by atoms with van der Waals surface area (Å²) in [7, 11) is 0. The summed E-state index contributed by atoms with van der Waals surface area (Å²) in [5.74, 6) is 0.504. The van der Waals surface area contributed by atoms with E-state index in [0.29, 0.717) is 12.5 Å². The van der Waals surface area contributed by atoms with Crippen molar-refractivity contribution in [2.45, 2.75) is 38.3 Å². The number of hydrogen-bond acceptors (Lipinski definition) is 3. The molecule has 4 nitrogen and oxygen atoms in total. The minimum Gasteiger partial charge on any atom is -0.391 e. The molecule has 2 fully saturated rings. The summed E-state index contributed by atoms with van der Waals surface area (Å²) >= 11 is 0. The number of carbonyl (C=O) groups is 1. The Bertz CT molecular complexity index is 239. The molecule has 0 aromatic carbocycles. The fraction of sp³-hybridized carbons (Fsp3) is 0.909. The molecule has 0 aromatic rings. The first-order chi connectivity index (χ1) is 7.18. The minimum absolute atomic E-state index is 0.00519. The molecule has 0 radical (unpaired) electrons. The standard InChI is InChI=1S/C11H20N2O2/c1-8-4-6-13(7-10(8)14)11(15)9-3-2-5-12-9/h8-10,12,14H,2-7H2,1H3/t8?,9-,10?/m1/s1. The third-order valence-corrected chi connectivity index (χ3v) is 3.59. The number of hydrogen-bond donors (Lipinski definition) is 2. The van der Waals surface area contributed by atoms with Crippen molar-refractivity contribution in [1.29, 1.82) is 0 Å². The summed E-state index contributed by atoms with van der Waals surface area (Å²) in [4.78, 5) is 13.8. The van der Waals surface area contributed by atoms with Crippen LogP contribution in [-0.4, -0.2) is 47.7 Å². The van der Waals surface area contributed by atoms with Crippen LogP contribution in [0.5, 0.6) is 0 Å². The first-order valence-corrected chi connectivity index (χ1v) is 5.88. The van der Waals surface area contributed by atoms with Gasteiger partial charge in [0.25, 0.3) is 0 Å². The van der Waals surface area contributed by atoms with Gasteiger partial charge in [-0.15, -0.1) is 0 Å². The molecule has 0 saturated carbocycles. The molecule has 0 spiro atoms. The van der Waals surface area contributed by atoms with Crippen molar-refractivity contribution in [3.05, 3.63) is 0 Å². The van der Waals surface area contributed by atoms with E-state index in [9.17, 15) is 9.90 Å². The van der Waals surface area contributed by atoms with Gasteiger partial charge in [0.1, 0.15) is 0 Å². The Morgan fingerprint density at radius 3 is 2.87 bits per heavy atom. The van der Waals surface area contributed by atoms with Crippen molar-refractivity contribution in [1.82, 2.24) is 10.2 Å². The van der Waals surface area contributed by atoms with E-state index >= 15 is 0 Å². The Labute approximate surface area is 90.6 Å². The number of aliphatic hydroxyl groups excluding tert-OH is 1. The lowest BCUT2D eigenvalue weighted by molar-refractivity contribution is -0.137. The third-order valence-electron chi connectivity index (χ3n) is 3.59. The smallest absolute Gasteiger partial charge is 0.239 e. The molecule has 2 rings (SSSR count). The second-order valence-corrected chi connectivity index (χ2v) is 4.77. The lowest BCUT2D eigenvalue weighted by atomic mass is 9.95. The molecule has 3 atom stereocenters. The molecule has 4 heteroatoms. The van der Waals surface area contributed by atoms with Crippen molar-refractivity contribution >= 4 is 5.91 Å². The maximum absolute atomic E-state index is 12.0. The molecular formula is C11H20N2O2. The number of nitrogens with zero attached hydrogens (tertiary/aromatic N) is 1. The maximum Gasteiger partial charge on any atom is 0.239 e. The fourth-order valence-corrected chi connectivity index (χ4v) is 2.36. The quantitative estimate of drug-likeness (QED) is 0.641. The molecule has 2 saturated heterocycles. The predicted molar refractivity (Wildman–Crippen MR) is 57.4 cm³/mol. The zero-order chi connectivity index (χ0) is 10.8. The second-order valence-electron chi connectivity index (χ2n) is 4.77. The van der Waals surface area contributed by atoms with Gasteiger partial charge in [-0.1, -0.05) is 6.92 Å². The molecule has 0 aromatic heterocycles. The lowest BCUT2D eigenvalue weighted by Gasteiger charge is -2.35. The van der Waals surface area contributed by atoms with Crippen molar-refractivity contribution in [2.24, 2.45) is 5.92 Å². The van der Waals surface area contributed by atoms with Gasteiger partial charge in [0.15, 0.2) is 0 Å². The molecule has 2 N–H and O–H groups in total. The molecule has 86 valence electrons. The van der Waals surface area contributed by atoms with Crippen molar-refractivity contribution in [2.75, 3.05) is 19.6 Å². The second kappa shape index (κ2) is 4.49. The predicted octanol–water partition coefficient (Wildman–Crippen LogP) is -0.0323. The molecule has 2 aliphatic heterocycles. The molecule has 0 bridgehead atoms. The van der Waals surface area contributed by atoms with Gasteiger partial charge in [-0.3, -0.25) is 4.79 Å². The van der Waals surface area contributed by atoms with Gasteiger partial charge >= 0.3 is 0 Å². The highest BCUT2D eigenvalue weighted by molar-refractivity contribution is 5.82. The van der Waals surface area contributed by atoms with Crippen LogP contribution in [0.15, 0.2) is 0 Å². The largest absolute Gasteiger partial charge is 0.391 e. The Balaban J connectivity index is 1.90. The van der Waals surface area contributed by atoms with E-state index in [4.69, 9.17) is 0 Å². The highest BCUT2D eigenvalue weighted by atomic mass is 16.3. The van der Waals surface area contributed by atoms with Gasteiger partial charge in [-0.25, -0.2) is 0 Å². The van der Waals surface area contributed by atoms with Crippen LogP contribution < -0.4 is 5.32 Å². The average Bonchev–Trinajstić information content (AvgIpc) is 2.74. The molecular weight excluding hydrogens is 192 g/mol. The van der Waals surface area contributed by atoms with E-state index in [0.717, 1.165) is 32.4 Å². The van der Waals surface area contributed by atoms with E-state index in [1.807, 2.05) is 11.8 Å². The zero-order valence-electron chi connectivity index (χ0n) is 9.28. The number of likely N-dealkylation sites (tertiary alicyclic amines) is 1. The minimum atomic E-state index is -0.343. The van der Waals surface area contributed by atoms with Crippen LogP contribution in [0.25, 0.3) is 0 Å². The van der Waals surface area contributed by atoms with Gasteiger partial charge in [-0.2, -0.15) is 0 Å². The van der Waals surface area contributed by atoms with Gasteiger partial charge in [0.05, 0.1) is 12.1 Å². The van der Waals surface area contributed by atoms with Gasteiger partial charge in [0.2, 0.25) is 5.91 Å². The van der Waals surface area contributed by atoms with E-state index in [-0.39, 0.29) is 18.1 Å². The molecule has 0 aliphatic carbocycles. The Kier molecular flexibility index (Phi) is 3.26. The maximum atomic E-state index is 12.0. The van der Waals surface area contributed by atoms with Crippen LogP contribution in [0, 0.1) is 5.92 Å². The first kappa shape index (κ1) is 10.9. The summed E-state index contributed by atoms with van der Waals surface area (Å²) in [5.41, 5.74) is 0. The average molecular weight is 212 g/mol. The van der Waals surface area contributed by atoms with Crippen LogP contribution in [0.3, 0.4) is 0 Å². The van der Waals surface area contributed by atoms with E-state index in [1.165, 1.54) is 0 Å². The number of amides is 1. The molecule has 1 amide bonds. The van der Waals surface area contributed by atoms with Gasteiger partial charge < -0.3 is 15.3 Å². The monoisotopic (exact) mass is 212 g/mol. The molecule has 2 unspecified atom stereocenters. The van der Waals surface area contributed by atoms with E-state index < -0.39 is 0 Å². The van der Waals surface area contributed by atoms with Gasteiger partial charge in [-0.05, 0) is 31.7 Å². The van der Waals surface area contributed by atoms with Crippen LogP contribution in [-0.2, 0) is 4.79 Å². The first-order valence-electron chi connectivity index (χ1n) is 5.88. The highest BCUT2D eigenvalue weighted by Crippen LogP contribution is 2.19. The summed E-state index contributed by atoms with van der Waals surface area (Å²) in [6.07, 6.45) is 2.60. The molecule has 2 heterocycles. The van der Waals surface area contributed by atoms with Crippen molar-refractivity contribution in [3.8, 4) is 0 Å². The topological polar surface area (TPSA) is 52.6 Å². The lowest BCUT2D eigenvalue weighted by Crippen LogP contribution is -2.51. The summed E-state index contributed by atoms with van der Waals surface area (Å²) < 4.78 is 0. The van der Waals surface area contributed by atoms with E-state index in [1.54, 1.807) is 0 Å². The number of nitrogens with one attached hydrogen (secondary N) is 1. The zero-order valence-corrected chi connectivity index (χ0v) is 9.28. The van der Waals surface area contributed by atoms with Crippen LogP contribution in [0.2, 0.25) is 0 Å². The Hall–Kier alpha value is -0.610. The molecule has 2 aliphatic rings. The number of carbonyl (C=O) groups excluding carboxylic acids is 1. The third kappa shape index (κ3) is 2.32. The van der Waals surface area contributed by atoms with Crippen LogP contribution in [0.1, 0.15) is 26.2 Å². The highest BCUT2D eigenvalue weighted by Gasteiger charge is 2.32. The summed E-state index contributed by atoms with van der Waals surface area (Å²) in [5, 5.41) is 12.9. The van der Waals surface area contributed by atoms with Crippen LogP contribution >= 0.6 is 0 Å². The van der Waals surface area contributed by atoms with Crippen molar-refractivity contribution < 1.29 is 9.90 Å². The molecule has 15 heavy (non-hydrogen) atoms. The SMILES string of the molecule is CC1CCN(C(=O)[C@H]2CCCN2)CC1O. The summed E-state index contributed by atoms with van der Waals surface area (Å²) in [6.45, 7) is 4.30. The Morgan fingerprint density at radius 2 is 2.27 bits per heavy atom. The number of β-amino-alcohol motifs (C(OH)–C–C–N with tert-alkyl or cyclic N) is 1. The number of piperidine rings is 1. The van der Waals surface area contributed by atoms with Crippen molar-refractivity contribution in [3.63, 3.8) is 0 Å². The van der Waals surface area contributed by atoms with Gasteiger partial charge in [0, 0.05) is 13.1 Å². The van der Waals surface area contributed by atoms with E-state index in [2.05, 4.69) is 5.32 Å².